The number of rotatable bonds is 4. The fraction of sp³-hybridized carbons (Fsp3) is 0.533. The maximum absolute atomic E-state index is 12.4. The lowest BCUT2D eigenvalue weighted by Gasteiger charge is -2.31. The molecule has 6 heteroatoms. The summed E-state index contributed by atoms with van der Waals surface area (Å²) in [5.74, 6) is -0.666. The summed E-state index contributed by atoms with van der Waals surface area (Å²) in [5, 5.41) is 8.81. The van der Waals surface area contributed by atoms with Crippen LogP contribution in [0.3, 0.4) is 0 Å². The Labute approximate surface area is 124 Å². The number of aliphatic carboxylic acids is 1. The third-order valence-electron chi connectivity index (χ3n) is 3.84. The van der Waals surface area contributed by atoms with Gasteiger partial charge in [0.2, 0.25) is 0 Å². The van der Waals surface area contributed by atoms with Crippen LogP contribution in [0.4, 0.5) is 5.69 Å². The molecule has 0 saturated carbocycles. The predicted octanol–water partition coefficient (Wildman–Crippen LogP) is 1.47. The summed E-state index contributed by atoms with van der Waals surface area (Å²) in [5.41, 5.74) is 1.38. The van der Waals surface area contributed by atoms with Crippen molar-refractivity contribution in [3.63, 3.8) is 0 Å². The Morgan fingerprint density at radius 1 is 1.38 bits per heavy atom. The number of carbonyl (C=O) groups excluding carboxylic acids is 1. The number of anilines is 1. The van der Waals surface area contributed by atoms with Crippen LogP contribution in [-0.4, -0.2) is 54.1 Å². The monoisotopic (exact) mass is 291 g/mol. The van der Waals surface area contributed by atoms with E-state index in [-0.39, 0.29) is 18.2 Å². The molecule has 114 valence electrons. The Balaban J connectivity index is 1.98. The average Bonchev–Trinajstić information content (AvgIpc) is 2.47. The van der Waals surface area contributed by atoms with Gasteiger partial charge in [0, 0.05) is 45.5 Å². The van der Waals surface area contributed by atoms with Gasteiger partial charge in [0.05, 0.1) is 0 Å². The first-order valence-electron chi connectivity index (χ1n) is 7.12. The van der Waals surface area contributed by atoms with Gasteiger partial charge in [-0.05, 0) is 30.9 Å². The Morgan fingerprint density at radius 3 is 2.62 bits per heavy atom. The van der Waals surface area contributed by atoms with E-state index in [0.717, 1.165) is 18.5 Å². The Hall–Kier alpha value is -2.11. The minimum atomic E-state index is -0.764. The van der Waals surface area contributed by atoms with Crippen molar-refractivity contribution in [3.8, 4) is 0 Å². The lowest BCUT2D eigenvalue weighted by molar-refractivity contribution is -0.138. The molecule has 1 amide bonds. The third-order valence-corrected chi connectivity index (χ3v) is 3.84. The second kappa shape index (κ2) is 6.56. The van der Waals surface area contributed by atoms with E-state index in [1.54, 1.807) is 17.2 Å². The van der Waals surface area contributed by atoms with Gasteiger partial charge in [-0.1, -0.05) is 0 Å². The van der Waals surface area contributed by atoms with Gasteiger partial charge in [-0.25, -0.2) is 0 Å². The van der Waals surface area contributed by atoms with Crippen LogP contribution in [0, 0.1) is 5.92 Å². The second-order valence-corrected chi connectivity index (χ2v) is 5.63. The molecule has 1 aromatic rings. The van der Waals surface area contributed by atoms with Crippen molar-refractivity contribution in [1.29, 1.82) is 0 Å². The summed E-state index contributed by atoms with van der Waals surface area (Å²) < 4.78 is 0. The van der Waals surface area contributed by atoms with Crippen molar-refractivity contribution in [2.24, 2.45) is 5.92 Å². The highest BCUT2D eigenvalue weighted by Crippen LogP contribution is 2.22. The summed E-state index contributed by atoms with van der Waals surface area (Å²) >= 11 is 0. The molecule has 2 heterocycles. The average molecular weight is 291 g/mol. The molecule has 1 fully saturated rings. The molecule has 6 nitrogen and oxygen atoms in total. The first kappa shape index (κ1) is 15.3. The van der Waals surface area contributed by atoms with Gasteiger partial charge in [0.25, 0.3) is 5.91 Å². The van der Waals surface area contributed by atoms with Gasteiger partial charge in [-0.3, -0.25) is 14.6 Å². The molecule has 0 aliphatic carbocycles. The van der Waals surface area contributed by atoms with Gasteiger partial charge in [-0.15, -0.1) is 0 Å². The van der Waals surface area contributed by atoms with Crippen LogP contribution in [0.5, 0.6) is 0 Å². The van der Waals surface area contributed by atoms with Crippen molar-refractivity contribution >= 4 is 17.6 Å². The van der Waals surface area contributed by atoms with E-state index < -0.39 is 5.97 Å². The van der Waals surface area contributed by atoms with E-state index in [4.69, 9.17) is 5.11 Å². The highest BCUT2D eigenvalue weighted by Gasteiger charge is 2.25. The smallest absolute Gasteiger partial charge is 0.303 e. The van der Waals surface area contributed by atoms with Crippen molar-refractivity contribution in [2.45, 2.75) is 19.3 Å². The van der Waals surface area contributed by atoms with E-state index in [1.165, 1.54) is 0 Å². The zero-order chi connectivity index (χ0) is 15.4. The molecule has 0 radical (unpaired) electrons. The zero-order valence-corrected chi connectivity index (χ0v) is 12.5. The van der Waals surface area contributed by atoms with Gasteiger partial charge in [-0.2, -0.15) is 0 Å². The number of carboxylic acid groups (broad SMARTS) is 1. The highest BCUT2D eigenvalue weighted by atomic mass is 16.4. The van der Waals surface area contributed by atoms with Gasteiger partial charge >= 0.3 is 5.97 Å². The van der Waals surface area contributed by atoms with Crippen molar-refractivity contribution in [1.82, 2.24) is 9.88 Å². The Kier molecular flexibility index (Phi) is 4.77. The van der Waals surface area contributed by atoms with E-state index in [9.17, 15) is 9.59 Å². The molecule has 0 spiro atoms. The molecule has 0 atom stereocenters. The molecule has 1 aliphatic heterocycles. The van der Waals surface area contributed by atoms with Gasteiger partial charge < -0.3 is 14.9 Å². The number of carbonyl (C=O) groups is 2. The number of aromatic nitrogens is 1. The molecule has 1 aromatic heterocycles. The minimum Gasteiger partial charge on any atom is -0.481 e. The third kappa shape index (κ3) is 3.93. The number of nitrogens with zero attached hydrogens (tertiary/aromatic N) is 3. The number of likely N-dealkylation sites (tertiary alicyclic amines) is 1. The summed E-state index contributed by atoms with van der Waals surface area (Å²) in [6.07, 6.45) is 3.31. The molecular weight excluding hydrogens is 270 g/mol. The highest BCUT2D eigenvalue weighted by molar-refractivity contribution is 5.93. The van der Waals surface area contributed by atoms with Crippen LogP contribution in [0.15, 0.2) is 18.3 Å². The summed E-state index contributed by atoms with van der Waals surface area (Å²) in [7, 11) is 3.84. The second-order valence-electron chi connectivity index (χ2n) is 5.63. The molecule has 1 saturated heterocycles. The van der Waals surface area contributed by atoms with E-state index in [2.05, 4.69) is 4.98 Å². The number of hydrogen-bond acceptors (Lipinski definition) is 4. The van der Waals surface area contributed by atoms with Crippen LogP contribution in [-0.2, 0) is 4.79 Å². The topological polar surface area (TPSA) is 73.7 Å². The minimum absolute atomic E-state index is 0.0764. The molecule has 0 unspecified atom stereocenters. The molecule has 1 N–H and O–H groups in total. The standard InChI is InChI=1S/C15H21N3O3/c1-17(2)12-3-6-16-13(10-12)15(21)18-7-4-11(5-8-18)9-14(19)20/h3,6,10-11H,4-5,7-9H2,1-2H3,(H,19,20). The number of pyridine rings is 1. The molecular formula is C15H21N3O3. The predicted molar refractivity (Wildman–Crippen MR) is 79.4 cm³/mol. The largest absolute Gasteiger partial charge is 0.481 e. The van der Waals surface area contributed by atoms with Crippen molar-refractivity contribution in [2.75, 3.05) is 32.1 Å². The number of carboxylic acids is 1. The van der Waals surface area contributed by atoms with Crippen LogP contribution in [0.1, 0.15) is 29.8 Å². The van der Waals surface area contributed by atoms with Crippen molar-refractivity contribution < 1.29 is 14.7 Å². The van der Waals surface area contributed by atoms with Crippen LogP contribution in [0.2, 0.25) is 0 Å². The zero-order valence-electron chi connectivity index (χ0n) is 12.5. The van der Waals surface area contributed by atoms with Gasteiger partial charge in [0.1, 0.15) is 5.69 Å². The molecule has 0 aromatic carbocycles. The van der Waals surface area contributed by atoms with E-state index in [0.29, 0.717) is 18.8 Å². The number of piperidine rings is 1. The quantitative estimate of drug-likeness (QED) is 0.909. The molecule has 0 bridgehead atoms. The maximum atomic E-state index is 12.4. The normalized spacial score (nSPS) is 15.8. The SMILES string of the molecule is CN(C)c1ccnc(C(=O)N2CCC(CC(=O)O)CC2)c1. The van der Waals surface area contributed by atoms with Crippen LogP contribution < -0.4 is 4.90 Å². The Bertz CT molecular complexity index is 523. The maximum Gasteiger partial charge on any atom is 0.303 e. The van der Waals surface area contributed by atoms with E-state index >= 15 is 0 Å². The van der Waals surface area contributed by atoms with E-state index in [1.807, 2.05) is 25.1 Å². The summed E-state index contributed by atoms with van der Waals surface area (Å²) in [6, 6.07) is 3.64. The first-order valence-corrected chi connectivity index (χ1v) is 7.12. The lowest BCUT2D eigenvalue weighted by atomic mass is 9.93. The lowest BCUT2D eigenvalue weighted by Crippen LogP contribution is -2.39. The number of hydrogen-bond donors (Lipinski definition) is 1. The summed E-state index contributed by atoms with van der Waals surface area (Å²) in [4.78, 5) is 31.0. The molecule has 1 aliphatic rings. The fourth-order valence-corrected chi connectivity index (χ4v) is 2.56. The molecule has 2 rings (SSSR count). The number of amides is 1. The van der Waals surface area contributed by atoms with Crippen LogP contribution in [0.25, 0.3) is 0 Å². The van der Waals surface area contributed by atoms with Crippen LogP contribution >= 0.6 is 0 Å². The fourth-order valence-electron chi connectivity index (χ4n) is 2.56. The molecule has 21 heavy (non-hydrogen) atoms. The summed E-state index contributed by atoms with van der Waals surface area (Å²) in [6.45, 7) is 1.20. The van der Waals surface area contributed by atoms with Gasteiger partial charge in [0.15, 0.2) is 0 Å². The first-order chi connectivity index (χ1) is 9.97. The van der Waals surface area contributed by atoms with Crippen molar-refractivity contribution in [3.05, 3.63) is 24.0 Å². The Morgan fingerprint density at radius 2 is 2.05 bits per heavy atom.